The number of ether oxygens (including phenoxy) is 2. The molecule has 1 fully saturated rings. The molecular formula is C9H14O4. The Hall–Kier alpha value is -0.420. The van der Waals surface area contributed by atoms with E-state index in [2.05, 4.69) is 0 Å². The van der Waals surface area contributed by atoms with Crippen molar-refractivity contribution in [2.75, 3.05) is 6.61 Å². The summed E-state index contributed by atoms with van der Waals surface area (Å²) in [6.45, 7) is 3.51. The first-order chi connectivity index (χ1) is 6.03. The van der Waals surface area contributed by atoms with Gasteiger partial charge in [0.25, 0.3) is 0 Å². The lowest BCUT2D eigenvalue weighted by molar-refractivity contribution is -0.153. The Balaban J connectivity index is 2.19. The number of rotatable bonds is 1. The van der Waals surface area contributed by atoms with Crippen LogP contribution in [0.15, 0.2) is 11.6 Å². The SMILES string of the molecule is CC1(C)OC2[C@H](O1)C(CO)=C[C@@H]2O. The lowest BCUT2D eigenvalue weighted by Gasteiger charge is -2.18. The molecule has 3 atom stereocenters. The summed E-state index contributed by atoms with van der Waals surface area (Å²) >= 11 is 0. The minimum Gasteiger partial charge on any atom is -0.392 e. The van der Waals surface area contributed by atoms with Gasteiger partial charge in [0.15, 0.2) is 5.79 Å². The fourth-order valence-corrected chi connectivity index (χ4v) is 1.88. The van der Waals surface area contributed by atoms with Crippen molar-refractivity contribution in [1.29, 1.82) is 0 Å². The first-order valence-corrected chi connectivity index (χ1v) is 4.38. The fourth-order valence-electron chi connectivity index (χ4n) is 1.88. The molecule has 0 aromatic carbocycles. The van der Waals surface area contributed by atoms with Crippen LogP contribution in [0, 0.1) is 0 Å². The van der Waals surface area contributed by atoms with Crippen LogP contribution in [0.4, 0.5) is 0 Å². The summed E-state index contributed by atoms with van der Waals surface area (Å²) in [6, 6.07) is 0. The summed E-state index contributed by atoms with van der Waals surface area (Å²) in [5.41, 5.74) is 0.711. The number of aliphatic hydroxyl groups excluding tert-OH is 2. The molecule has 0 aromatic heterocycles. The molecule has 4 nitrogen and oxygen atoms in total. The average Bonchev–Trinajstić information content (AvgIpc) is 2.47. The molecule has 2 aliphatic rings. The lowest BCUT2D eigenvalue weighted by atomic mass is 10.1. The Labute approximate surface area is 76.8 Å². The Morgan fingerprint density at radius 1 is 1.46 bits per heavy atom. The molecule has 74 valence electrons. The second-order valence-corrected chi connectivity index (χ2v) is 3.91. The van der Waals surface area contributed by atoms with E-state index in [1.54, 1.807) is 19.9 Å². The third-order valence-corrected chi connectivity index (χ3v) is 2.40. The van der Waals surface area contributed by atoms with Crippen molar-refractivity contribution in [1.82, 2.24) is 0 Å². The van der Waals surface area contributed by atoms with Crippen molar-refractivity contribution in [3.05, 3.63) is 11.6 Å². The number of fused-ring (bicyclic) bond motifs is 1. The molecule has 0 saturated carbocycles. The molecule has 0 radical (unpaired) electrons. The summed E-state index contributed by atoms with van der Waals surface area (Å²) in [6.07, 6.45) is 0.311. The molecule has 0 amide bonds. The van der Waals surface area contributed by atoms with Crippen LogP contribution >= 0.6 is 0 Å². The van der Waals surface area contributed by atoms with Crippen molar-refractivity contribution in [3.63, 3.8) is 0 Å². The Morgan fingerprint density at radius 3 is 2.77 bits per heavy atom. The number of aliphatic hydroxyl groups is 2. The number of hydrogen-bond acceptors (Lipinski definition) is 4. The third-order valence-electron chi connectivity index (χ3n) is 2.40. The molecule has 1 unspecified atom stereocenters. The van der Waals surface area contributed by atoms with E-state index in [-0.39, 0.29) is 18.8 Å². The smallest absolute Gasteiger partial charge is 0.164 e. The predicted molar refractivity (Wildman–Crippen MR) is 45.0 cm³/mol. The molecule has 4 heteroatoms. The first-order valence-electron chi connectivity index (χ1n) is 4.38. The van der Waals surface area contributed by atoms with Crippen molar-refractivity contribution in [2.24, 2.45) is 0 Å². The van der Waals surface area contributed by atoms with E-state index in [0.717, 1.165) is 0 Å². The van der Waals surface area contributed by atoms with Crippen molar-refractivity contribution in [3.8, 4) is 0 Å². The molecule has 0 aromatic rings. The standard InChI is InChI=1S/C9H14O4/c1-9(2)12-7-5(4-10)3-6(11)8(7)13-9/h3,6-8,10-11H,4H2,1-2H3/t6-,7+,8?/m0/s1. The zero-order chi connectivity index (χ0) is 9.64. The van der Waals surface area contributed by atoms with Gasteiger partial charge >= 0.3 is 0 Å². The Morgan fingerprint density at radius 2 is 2.15 bits per heavy atom. The van der Waals surface area contributed by atoms with Gasteiger partial charge in [-0.15, -0.1) is 0 Å². The second-order valence-electron chi connectivity index (χ2n) is 3.91. The van der Waals surface area contributed by atoms with Crippen molar-refractivity contribution in [2.45, 2.75) is 37.9 Å². The van der Waals surface area contributed by atoms with Gasteiger partial charge in [0, 0.05) is 0 Å². The van der Waals surface area contributed by atoms with Gasteiger partial charge in [-0.05, 0) is 25.5 Å². The van der Waals surface area contributed by atoms with Gasteiger partial charge in [-0.2, -0.15) is 0 Å². The highest BCUT2D eigenvalue weighted by atomic mass is 16.8. The normalized spacial score (nSPS) is 41.8. The van der Waals surface area contributed by atoms with E-state index in [9.17, 15) is 5.11 Å². The molecule has 2 N–H and O–H groups in total. The summed E-state index contributed by atoms with van der Waals surface area (Å²) in [4.78, 5) is 0. The van der Waals surface area contributed by atoms with Crippen LogP contribution in [-0.4, -0.2) is 40.9 Å². The summed E-state index contributed by atoms with van der Waals surface area (Å²) < 4.78 is 11.0. The van der Waals surface area contributed by atoms with Crippen LogP contribution in [-0.2, 0) is 9.47 Å². The van der Waals surface area contributed by atoms with Crippen LogP contribution in [0.25, 0.3) is 0 Å². The minimum atomic E-state index is -0.662. The maximum absolute atomic E-state index is 9.54. The molecule has 1 aliphatic carbocycles. The molecule has 2 rings (SSSR count). The van der Waals surface area contributed by atoms with Gasteiger partial charge in [0.2, 0.25) is 0 Å². The highest BCUT2D eigenvalue weighted by molar-refractivity contribution is 5.24. The fraction of sp³-hybridized carbons (Fsp3) is 0.778. The monoisotopic (exact) mass is 186 g/mol. The molecule has 1 saturated heterocycles. The molecular weight excluding hydrogens is 172 g/mol. The van der Waals surface area contributed by atoms with Crippen molar-refractivity contribution >= 4 is 0 Å². The van der Waals surface area contributed by atoms with Crippen LogP contribution < -0.4 is 0 Å². The van der Waals surface area contributed by atoms with E-state index < -0.39 is 11.9 Å². The van der Waals surface area contributed by atoms with E-state index in [0.29, 0.717) is 5.57 Å². The average molecular weight is 186 g/mol. The Kier molecular flexibility index (Phi) is 1.96. The van der Waals surface area contributed by atoms with E-state index >= 15 is 0 Å². The van der Waals surface area contributed by atoms with Gasteiger partial charge in [0.05, 0.1) is 6.61 Å². The zero-order valence-corrected chi connectivity index (χ0v) is 7.73. The van der Waals surface area contributed by atoms with Crippen LogP contribution in [0.1, 0.15) is 13.8 Å². The highest BCUT2D eigenvalue weighted by Crippen LogP contribution is 2.37. The van der Waals surface area contributed by atoms with Gasteiger partial charge in [-0.3, -0.25) is 0 Å². The van der Waals surface area contributed by atoms with E-state index in [4.69, 9.17) is 14.6 Å². The molecule has 0 spiro atoms. The van der Waals surface area contributed by atoms with E-state index in [1.165, 1.54) is 0 Å². The maximum atomic E-state index is 9.54. The largest absolute Gasteiger partial charge is 0.392 e. The second kappa shape index (κ2) is 2.78. The first kappa shape index (κ1) is 9.15. The molecule has 1 aliphatic heterocycles. The van der Waals surface area contributed by atoms with Crippen molar-refractivity contribution < 1.29 is 19.7 Å². The highest BCUT2D eigenvalue weighted by Gasteiger charge is 2.49. The molecule has 1 heterocycles. The molecule has 0 bridgehead atoms. The van der Waals surface area contributed by atoms with Crippen LogP contribution in [0.2, 0.25) is 0 Å². The zero-order valence-electron chi connectivity index (χ0n) is 7.73. The minimum absolute atomic E-state index is 0.0856. The quantitative estimate of drug-likeness (QED) is 0.557. The number of hydrogen-bond donors (Lipinski definition) is 2. The Bertz CT molecular complexity index is 246. The lowest BCUT2D eigenvalue weighted by Crippen LogP contribution is -2.29. The van der Waals surface area contributed by atoms with Gasteiger partial charge < -0.3 is 19.7 Å². The summed E-state index contributed by atoms with van der Waals surface area (Å²) in [7, 11) is 0. The van der Waals surface area contributed by atoms with Crippen LogP contribution in [0.5, 0.6) is 0 Å². The maximum Gasteiger partial charge on any atom is 0.164 e. The van der Waals surface area contributed by atoms with Gasteiger partial charge in [0.1, 0.15) is 18.3 Å². The predicted octanol–water partition coefficient (Wildman–Crippen LogP) is -0.200. The summed E-state index contributed by atoms with van der Waals surface area (Å²) in [5, 5.41) is 18.5. The van der Waals surface area contributed by atoms with Crippen LogP contribution in [0.3, 0.4) is 0 Å². The summed E-state index contributed by atoms with van der Waals surface area (Å²) in [5.74, 6) is -0.662. The van der Waals surface area contributed by atoms with Gasteiger partial charge in [-0.25, -0.2) is 0 Å². The van der Waals surface area contributed by atoms with E-state index in [1.807, 2.05) is 0 Å². The third kappa shape index (κ3) is 1.40. The molecule has 13 heavy (non-hydrogen) atoms. The van der Waals surface area contributed by atoms with Gasteiger partial charge in [-0.1, -0.05) is 0 Å². The topological polar surface area (TPSA) is 58.9 Å².